The number of hydrogen-bond donors (Lipinski definition) is 3. The Morgan fingerprint density at radius 2 is 2.02 bits per heavy atom. The predicted octanol–water partition coefficient (Wildman–Crippen LogP) is 4.78. The van der Waals surface area contributed by atoms with E-state index >= 15 is 0 Å². The van der Waals surface area contributed by atoms with Crippen LogP contribution in [0.1, 0.15) is 62.3 Å². The van der Waals surface area contributed by atoms with Crippen LogP contribution in [0.4, 0.5) is 8.78 Å². The number of alkyl halides is 2. The lowest BCUT2D eigenvalue weighted by Crippen LogP contribution is -2.52. The van der Waals surface area contributed by atoms with Crippen molar-refractivity contribution in [2.45, 2.75) is 62.8 Å². The largest absolute Gasteiger partial charge is 0.445 e. The number of nitrogens with zero attached hydrogens (tertiary/aromatic N) is 3. The molecule has 4 atom stereocenters. The highest BCUT2D eigenvalue weighted by Crippen LogP contribution is 2.35. The minimum Gasteiger partial charge on any atom is -0.445 e. The molecule has 2 aliphatic heterocycles. The fraction of sp³-hybridized carbons (Fsp3) is 0.375. The van der Waals surface area contributed by atoms with Gasteiger partial charge in [-0.05, 0) is 49.9 Å². The van der Waals surface area contributed by atoms with Gasteiger partial charge in [-0.2, -0.15) is 0 Å². The molecule has 1 unspecified atom stereocenters. The smallest absolute Gasteiger partial charge is 0.261 e. The van der Waals surface area contributed by atoms with Crippen LogP contribution in [0.2, 0.25) is 0 Å². The zero-order valence-corrected chi connectivity index (χ0v) is 24.9. The quantitative estimate of drug-likeness (QED) is 0.246. The lowest BCUT2D eigenvalue weighted by molar-refractivity contribution is 0.0112. The van der Waals surface area contributed by atoms with Gasteiger partial charge in [0.1, 0.15) is 11.3 Å². The van der Waals surface area contributed by atoms with Crippen molar-refractivity contribution in [3.8, 4) is 11.5 Å². The molecule has 4 aromatic rings. The molecule has 0 bridgehead atoms. The molecule has 2 saturated heterocycles. The average Bonchev–Trinajstić information content (AvgIpc) is 3.84. The summed E-state index contributed by atoms with van der Waals surface area (Å²) < 4.78 is 33.5. The van der Waals surface area contributed by atoms with Gasteiger partial charge in [0, 0.05) is 46.8 Å². The lowest BCUT2D eigenvalue weighted by Gasteiger charge is -2.29. The number of amides is 2. The zero-order valence-electron chi connectivity index (χ0n) is 24.1. The maximum Gasteiger partial charge on any atom is 0.261 e. The summed E-state index contributed by atoms with van der Waals surface area (Å²) in [6, 6.07) is 12.0. The first-order valence-corrected chi connectivity index (χ1v) is 15.5. The minimum atomic E-state index is -2.95. The summed E-state index contributed by atoms with van der Waals surface area (Å²) in [4.78, 5) is 38.4. The molecular formula is C32H33F2N5O4S. The highest BCUT2D eigenvalue weighted by atomic mass is 32.1. The van der Waals surface area contributed by atoms with Crippen LogP contribution in [0.25, 0.3) is 11.5 Å². The Balaban J connectivity index is 1.30. The van der Waals surface area contributed by atoms with E-state index in [4.69, 9.17) is 4.42 Å². The van der Waals surface area contributed by atoms with Crippen LogP contribution in [0.5, 0.6) is 0 Å². The van der Waals surface area contributed by atoms with E-state index in [1.165, 1.54) is 29.9 Å². The van der Waals surface area contributed by atoms with Crippen molar-refractivity contribution in [2.24, 2.45) is 0 Å². The highest BCUT2D eigenvalue weighted by molar-refractivity contribution is 7.09. The van der Waals surface area contributed by atoms with Gasteiger partial charge in [0.15, 0.2) is 0 Å². The number of rotatable bonds is 9. The SMILES string of the molecule is Cc1csc([C@H]2CCCN2C(=O)c2cc(C(=O)NC(Cc3ccccc3)[C@H](O)[C@H]3CC(F)(F)CN3)cc(-c3ncco3)c2)n1. The first-order chi connectivity index (χ1) is 21.2. The Morgan fingerprint density at radius 3 is 2.70 bits per heavy atom. The number of aliphatic hydroxyl groups excluding tert-OH is 1. The molecule has 0 radical (unpaired) electrons. The maximum absolute atomic E-state index is 14.0. The molecule has 6 rings (SSSR count). The van der Waals surface area contributed by atoms with Gasteiger partial charge in [-0.25, -0.2) is 18.7 Å². The summed E-state index contributed by atoms with van der Waals surface area (Å²) in [5, 5.41) is 19.6. The molecule has 0 saturated carbocycles. The van der Waals surface area contributed by atoms with Crippen LogP contribution in [0.15, 0.2) is 70.8 Å². The van der Waals surface area contributed by atoms with E-state index in [1.54, 1.807) is 17.0 Å². The van der Waals surface area contributed by atoms with E-state index in [-0.39, 0.29) is 35.4 Å². The van der Waals surface area contributed by atoms with Gasteiger partial charge in [-0.15, -0.1) is 11.3 Å². The van der Waals surface area contributed by atoms with Gasteiger partial charge in [-0.3, -0.25) is 9.59 Å². The standard InChI is InChI=1S/C32H33F2N5O4S/c1-19-17-44-30(37-19)26-8-5-10-39(26)31(42)23-14-21(13-22(15-23)29-35-9-11-43-29)28(41)38-24(12-20-6-3-2-4-7-20)27(40)25-16-32(33,34)18-36-25/h2-4,6-7,9,11,13-15,17,24-27,36,40H,5,8,10,12,16,18H2,1H3,(H,38,41)/t24?,25-,26-,27+/m1/s1. The van der Waals surface area contributed by atoms with Crippen molar-refractivity contribution in [1.82, 2.24) is 25.5 Å². The van der Waals surface area contributed by atoms with E-state index in [9.17, 15) is 23.5 Å². The molecule has 3 N–H and O–H groups in total. The summed E-state index contributed by atoms with van der Waals surface area (Å²) in [5.41, 5.74) is 2.59. The van der Waals surface area contributed by atoms with Gasteiger partial charge >= 0.3 is 0 Å². The zero-order chi connectivity index (χ0) is 30.8. The second-order valence-electron chi connectivity index (χ2n) is 11.4. The van der Waals surface area contributed by atoms with E-state index in [0.29, 0.717) is 12.1 Å². The second kappa shape index (κ2) is 12.5. The normalized spacial score (nSPS) is 20.9. The Hall–Kier alpha value is -4.00. The van der Waals surface area contributed by atoms with Crippen LogP contribution in [0.3, 0.4) is 0 Å². The van der Waals surface area contributed by atoms with Crippen molar-refractivity contribution in [3.63, 3.8) is 0 Å². The monoisotopic (exact) mass is 621 g/mol. The fourth-order valence-electron chi connectivity index (χ4n) is 5.97. The maximum atomic E-state index is 14.0. The third-order valence-electron chi connectivity index (χ3n) is 8.14. The van der Waals surface area contributed by atoms with E-state index < -0.39 is 43.0 Å². The van der Waals surface area contributed by atoms with E-state index in [1.807, 2.05) is 42.6 Å². The number of nitrogens with one attached hydrogen (secondary N) is 2. The fourth-order valence-corrected chi connectivity index (χ4v) is 6.92. The van der Waals surface area contributed by atoms with Gasteiger partial charge in [0.25, 0.3) is 17.7 Å². The van der Waals surface area contributed by atoms with Crippen LogP contribution >= 0.6 is 11.3 Å². The molecule has 12 heteroatoms. The number of aryl methyl sites for hydroxylation is 1. The van der Waals surface area contributed by atoms with Gasteiger partial charge < -0.3 is 25.1 Å². The molecule has 0 spiro atoms. The molecule has 44 heavy (non-hydrogen) atoms. The Labute approximate surface area is 257 Å². The number of aromatic nitrogens is 2. The molecule has 2 aliphatic rings. The molecular weight excluding hydrogens is 588 g/mol. The second-order valence-corrected chi connectivity index (χ2v) is 12.3. The first kappa shape index (κ1) is 30.0. The van der Waals surface area contributed by atoms with Crippen LogP contribution in [-0.2, 0) is 6.42 Å². The molecule has 0 aliphatic carbocycles. The van der Waals surface area contributed by atoms with Crippen molar-refractivity contribution < 1.29 is 27.9 Å². The highest BCUT2D eigenvalue weighted by Gasteiger charge is 2.44. The number of benzene rings is 2. The Bertz CT molecular complexity index is 1610. The molecule has 2 aromatic heterocycles. The molecule has 2 amide bonds. The van der Waals surface area contributed by atoms with Gasteiger partial charge in [0.2, 0.25) is 5.89 Å². The third kappa shape index (κ3) is 6.57. The third-order valence-corrected chi connectivity index (χ3v) is 9.20. The van der Waals surface area contributed by atoms with E-state index in [0.717, 1.165) is 29.1 Å². The number of halogens is 2. The van der Waals surface area contributed by atoms with E-state index in [2.05, 4.69) is 20.6 Å². The molecule has 230 valence electrons. The predicted molar refractivity (Wildman–Crippen MR) is 161 cm³/mol. The molecule has 2 fully saturated rings. The minimum absolute atomic E-state index is 0.153. The lowest BCUT2D eigenvalue weighted by atomic mass is 9.94. The molecule has 4 heterocycles. The Morgan fingerprint density at radius 1 is 1.23 bits per heavy atom. The number of aliphatic hydroxyl groups is 1. The van der Waals surface area contributed by atoms with Gasteiger partial charge in [-0.1, -0.05) is 30.3 Å². The van der Waals surface area contributed by atoms with Crippen molar-refractivity contribution in [1.29, 1.82) is 0 Å². The topological polar surface area (TPSA) is 121 Å². The van der Waals surface area contributed by atoms with Gasteiger partial charge in [0.05, 0.1) is 30.9 Å². The Kier molecular flexibility index (Phi) is 8.57. The van der Waals surface area contributed by atoms with Crippen molar-refractivity contribution >= 4 is 23.2 Å². The summed E-state index contributed by atoms with van der Waals surface area (Å²) >= 11 is 1.52. The van der Waals surface area contributed by atoms with Crippen LogP contribution < -0.4 is 10.6 Å². The number of likely N-dealkylation sites (tertiary alicyclic amines) is 1. The average molecular weight is 622 g/mol. The van der Waals surface area contributed by atoms with Crippen molar-refractivity contribution in [2.75, 3.05) is 13.1 Å². The summed E-state index contributed by atoms with van der Waals surface area (Å²) in [5.74, 6) is -3.52. The van der Waals surface area contributed by atoms with Crippen LogP contribution in [0, 0.1) is 6.92 Å². The van der Waals surface area contributed by atoms with Crippen molar-refractivity contribution in [3.05, 3.63) is 93.8 Å². The number of carbonyl (C=O) groups excluding carboxylic acids is 2. The first-order valence-electron chi connectivity index (χ1n) is 14.6. The number of carbonyl (C=O) groups is 2. The number of hydrogen-bond acceptors (Lipinski definition) is 8. The van der Waals surface area contributed by atoms with Crippen LogP contribution in [-0.4, -0.2) is 69.0 Å². The molecule has 2 aromatic carbocycles. The summed E-state index contributed by atoms with van der Waals surface area (Å²) in [7, 11) is 0. The number of oxazole rings is 1. The molecule has 9 nitrogen and oxygen atoms in total. The summed E-state index contributed by atoms with van der Waals surface area (Å²) in [6.45, 7) is 1.93. The number of thiazole rings is 1. The summed E-state index contributed by atoms with van der Waals surface area (Å²) in [6.07, 6.45) is 2.88.